The van der Waals surface area contributed by atoms with Crippen molar-refractivity contribution in [2.45, 2.75) is 20.8 Å². The summed E-state index contributed by atoms with van der Waals surface area (Å²) in [6, 6.07) is 6.28. The molecule has 8 nitrogen and oxygen atoms in total. The average molecular weight is 343 g/mol. The summed E-state index contributed by atoms with van der Waals surface area (Å²) in [6.45, 7) is 5.61. The number of anilines is 2. The molecule has 0 aliphatic carbocycles. The number of amides is 2. The summed E-state index contributed by atoms with van der Waals surface area (Å²) < 4.78 is 0. The molecule has 2 aromatic rings. The van der Waals surface area contributed by atoms with E-state index in [0.717, 1.165) is 34.9 Å². The van der Waals surface area contributed by atoms with E-state index in [2.05, 4.69) is 10.6 Å². The zero-order valence-electron chi connectivity index (χ0n) is 13.9. The van der Waals surface area contributed by atoms with Gasteiger partial charge in [-0.1, -0.05) is 17.7 Å². The van der Waals surface area contributed by atoms with Gasteiger partial charge in [0.1, 0.15) is 0 Å². The summed E-state index contributed by atoms with van der Waals surface area (Å²) in [5.41, 5.74) is 2.65. The first-order valence-electron chi connectivity index (χ1n) is 7.36. The molecule has 0 aliphatic rings. The van der Waals surface area contributed by atoms with Crippen molar-refractivity contribution in [2.75, 3.05) is 10.6 Å². The van der Waals surface area contributed by atoms with Crippen molar-refractivity contribution in [1.82, 2.24) is 0 Å². The predicted molar refractivity (Wildman–Crippen MR) is 93.4 cm³/mol. The number of rotatable bonds is 4. The van der Waals surface area contributed by atoms with Gasteiger partial charge in [-0.3, -0.25) is 10.1 Å². The highest BCUT2D eigenvalue weighted by molar-refractivity contribution is 6.05. The van der Waals surface area contributed by atoms with Crippen LogP contribution in [0.15, 0.2) is 30.3 Å². The number of nitrogens with zero attached hydrogens (tertiary/aromatic N) is 1. The zero-order valence-corrected chi connectivity index (χ0v) is 13.9. The van der Waals surface area contributed by atoms with E-state index in [-0.39, 0.29) is 16.9 Å². The molecule has 0 unspecified atom stereocenters. The van der Waals surface area contributed by atoms with Gasteiger partial charge in [0, 0.05) is 17.8 Å². The normalized spacial score (nSPS) is 10.2. The topological polar surface area (TPSA) is 122 Å². The molecule has 8 heteroatoms. The third-order valence-electron chi connectivity index (χ3n) is 3.61. The molecule has 0 atom stereocenters. The van der Waals surface area contributed by atoms with Crippen LogP contribution in [0.1, 0.15) is 27.0 Å². The first-order chi connectivity index (χ1) is 11.7. The molecule has 2 aromatic carbocycles. The van der Waals surface area contributed by atoms with Crippen molar-refractivity contribution in [3.63, 3.8) is 0 Å². The summed E-state index contributed by atoms with van der Waals surface area (Å²) >= 11 is 0. The molecule has 25 heavy (non-hydrogen) atoms. The highest BCUT2D eigenvalue weighted by atomic mass is 16.6. The number of urea groups is 1. The molecule has 0 fully saturated rings. The fourth-order valence-electron chi connectivity index (χ4n) is 2.58. The maximum atomic E-state index is 12.2. The average Bonchev–Trinajstić information content (AvgIpc) is 2.50. The Morgan fingerprint density at radius 3 is 2.16 bits per heavy atom. The Kier molecular flexibility index (Phi) is 5.02. The van der Waals surface area contributed by atoms with Gasteiger partial charge in [-0.15, -0.1) is 0 Å². The number of aromatic carboxylic acids is 1. The maximum absolute atomic E-state index is 12.2. The largest absolute Gasteiger partial charge is 0.478 e. The Morgan fingerprint density at radius 1 is 1.04 bits per heavy atom. The number of nitro benzene ring substituents is 1. The van der Waals surface area contributed by atoms with Gasteiger partial charge in [-0.25, -0.2) is 9.59 Å². The number of hydrogen-bond donors (Lipinski definition) is 3. The first kappa shape index (κ1) is 17.9. The first-order valence-corrected chi connectivity index (χ1v) is 7.36. The molecule has 0 saturated heterocycles. The number of carboxylic acid groups (broad SMARTS) is 1. The van der Waals surface area contributed by atoms with Crippen molar-refractivity contribution >= 4 is 29.1 Å². The van der Waals surface area contributed by atoms with E-state index in [1.54, 1.807) is 0 Å². The lowest BCUT2D eigenvalue weighted by atomic mass is 10.1. The van der Waals surface area contributed by atoms with Crippen molar-refractivity contribution in [3.8, 4) is 0 Å². The number of non-ortho nitro benzene ring substituents is 1. The van der Waals surface area contributed by atoms with Gasteiger partial charge in [0.05, 0.1) is 16.2 Å². The smallest absolute Gasteiger partial charge is 0.337 e. The lowest BCUT2D eigenvalue weighted by molar-refractivity contribution is -0.384. The van der Waals surface area contributed by atoms with Gasteiger partial charge in [0.15, 0.2) is 0 Å². The molecule has 0 aliphatic heterocycles. The van der Waals surface area contributed by atoms with Crippen LogP contribution in [0.25, 0.3) is 0 Å². The van der Waals surface area contributed by atoms with E-state index in [4.69, 9.17) is 0 Å². The highest BCUT2D eigenvalue weighted by Gasteiger charge is 2.18. The second-order valence-electron chi connectivity index (χ2n) is 5.64. The van der Waals surface area contributed by atoms with Crippen LogP contribution < -0.4 is 10.6 Å². The summed E-state index contributed by atoms with van der Waals surface area (Å²) in [4.78, 5) is 33.7. The van der Waals surface area contributed by atoms with Crippen LogP contribution >= 0.6 is 0 Å². The molecule has 0 heterocycles. The Bertz CT molecular complexity index is 854. The number of nitrogens with one attached hydrogen (secondary N) is 2. The third kappa shape index (κ3) is 4.11. The number of benzene rings is 2. The van der Waals surface area contributed by atoms with Crippen LogP contribution in [0, 0.1) is 30.9 Å². The zero-order chi connectivity index (χ0) is 18.7. The summed E-state index contributed by atoms with van der Waals surface area (Å²) in [7, 11) is 0. The molecule has 0 spiro atoms. The molecule has 0 bridgehead atoms. The van der Waals surface area contributed by atoms with Gasteiger partial charge in [0.25, 0.3) is 5.69 Å². The number of carbonyl (C=O) groups excluding carboxylic acids is 1. The SMILES string of the molecule is Cc1cc(C)c(NC(=O)Nc2cc([N+](=O)[O-])ccc2C(=O)O)c(C)c1. The highest BCUT2D eigenvalue weighted by Crippen LogP contribution is 2.25. The van der Waals surface area contributed by atoms with Gasteiger partial charge < -0.3 is 15.7 Å². The summed E-state index contributed by atoms with van der Waals surface area (Å²) in [6.07, 6.45) is 0. The number of carboxylic acids is 1. The van der Waals surface area contributed by atoms with E-state index < -0.39 is 16.9 Å². The minimum atomic E-state index is -1.30. The van der Waals surface area contributed by atoms with Crippen molar-refractivity contribution in [3.05, 3.63) is 62.7 Å². The Hall–Kier alpha value is -3.42. The molecular formula is C17H17N3O5. The van der Waals surface area contributed by atoms with Crippen LogP contribution in [0.4, 0.5) is 21.9 Å². The van der Waals surface area contributed by atoms with Crippen LogP contribution in [-0.4, -0.2) is 22.0 Å². The van der Waals surface area contributed by atoms with Crippen LogP contribution in [0.2, 0.25) is 0 Å². The molecular weight excluding hydrogens is 326 g/mol. The maximum Gasteiger partial charge on any atom is 0.337 e. The lowest BCUT2D eigenvalue weighted by Crippen LogP contribution is -2.22. The van der Waals surface area contributed by atoms with Crippen LogP contribution in [0.5, 0.6) is 0 Å². The van der Waals surface area contributed by atoms with Gasteiger partial charge >= 0.3 is 12.0 Å². The summed E-state index contributed by atoms with van der Waals surface area (Å²) in [5, 5.41) is 25.1. The van der Waals surface area contributed by atoms with Gasteiger partial charge in [-0.05, 0) is 38.0 Å². The second kappa shape index (κ2) is 7.00. The molecule has 130 valence electrons. The quantitative estimate of drug-likeness (QED) is 0.575. The second-order valence-corrected chi connectivity index (χ2v) is 5.64. The molecule has 0 aromatic heterocycles. The Balaban J connectivity index is 2.30. The van der Waals surface area contributed by atoms with Crippen molar-refractivity contribution < 1.29 is 19.6 Å². The van der Waals surface area contributed by atoms with E-state index in [1.165, 1.54) is 0 Å². The minimum Gasteiger partial charge on any atom is -0.478 e. The van der Waals surface area contributed by atoms with Crippen LogP contribution in [-0.2, 0) is 0 Å². The fourth-order valence-corrected chi connectivity index (χ4v) is 2.58. The monoisotopic (exact) mass is 343 g/mol. The number of carbonyl (C=O) groups is 2. The van der Waals surface area contributed by atoms with Crippen molar-refractivity contribution in [1.29, 1.82) is 0 Å². The number of hydrogen-bond acceptors (Lipinski definition) is 4. The standard InChI is InChI=1S/C17H17N3O5/c1-9-6-10(2)15(11(3)7-9)19-17(23)18-14-8-12(20(24)25)4-5-13(14)16(21)22/h4-8H,1-3H3,(H,21,22)(H2,18,19,23). The third-order valence-corrected chi connectivity index (χ3v) is 3.61. The number of aryl methyl sites for hydroxylation is 3. The van der Waals surface area contributed by atoms with E-state index in [0.29, 0.717) is 5.69 Å². The summed E-state index contributed by atoms with van der Waals surface area (Å²) in [5.74, 6) is -1.30. The molecule has 0 radical (unpaired) electrons. The number of nitro groups is 1. The van der Waals surface area contributed by atoms with Crippen molar-refractivity contribution in [2.24, 2.45) is 0 Å². The lowest BCUT2D eigenvalue weighted by Gasteiger charge is -2.14. The fraction of sp³-hybridized carbons (Fsp3) is 0.176. The molecule has 2 amide bonds. The van der Waals surface area contributed by atoms with Crippen LogP contribution in [0.3, 0.4) is 0 Å². The molecule has 2 rings (SSSR count). The van der Waals surface area contributed by atoms with Gasteiger partial charge in [0.2, 0.25) is 0 Å². The van der Waals surface area contributed by atoms with Gasteiger partial charge in [-0.2, -0.15) is 0 Å². The molecule has 0 saturated carbocycles. The minimum absolute atomic E-state index is 0.151. The molecule has 3 N–H and O–H groups in total. The van der Waals surface area contributed by atoms with E-state index in [9.17, 15) is 24.8 Å². The van der Waals surface area contributed by atoms with E-state index >= 15 is 0 Å². The Morgan fingerprint density at radius 2 is 1.64 bits per heavy atom. The van der Waals surface area contributed by atoms with E-state index in [1.807, 2.05) is 32.9 Å². The predicted octanol–water partition coefficient (Wildman–Crippen LogP) is 3.86. The Labute approximate surface area is 143 Å².